The molecule has 7 heteroatoms. The minimum absolute atomic E-state index is 0.345. The van der Waals surface area contributed by atoms with Crippen molar-refractivity contribution in [3.8, 4) is 0 Å². The van der Waals surface area contributed by atoms with Gasteiger partial charge in [-0.25, -0.2) is 0 Å². The molecule has 4 rings (SSSR count). The SMILES string of the molecule is CCc1cccc2c(/C=C3\SC(=O)NC3=O)cn(Cc3ccc(Cl)cc3Cl)c12. The third kappa shape index (κ3) is 3.58. The van der Waals surface area contributed by atoms with Crippen molar-refractivity contribution in [2.75, 3.05) is 0 Å². The third-order valence-electron chi connectivity index (χ3n) is 4.68. The summed E-state index contributed by atoms with van der Waals surface area (Å²) in [5.74, 6) is -0.358. The zero-order valence-corrected chi connectivity index (χ0v) is 17.3. The van der Waals surface area contributed by atoms with Gasteiger partial charge in [-0.15, -0.1) is 0 Å². The molecule has 0 unspecified atom stereocenters. The fraction of sp³-hybridized carbons (Fsp3) is 0.143. The zero-order valence-electron chi connectivity index (χ0n) is 15.0. The molecule has 3 aromatic rings. The van der Waals surface area contributed by atoms with E-state index in [4.69, 9.17) is 23.2 Å². The zero-order chi connectivity index (χ0) is 19.8. The van der Waals surface area contributed by atoms with Crippen LogP contribution in [0.15, 0.2) is 47.5 Å². The normalized spacial score (nSPS) is 15.6. The molecule has 1 N–H and O–H groups in total. The van der Waals surface area contributed by atoms with E-state index in [1.165, 1.54) is 5.56 Å². The number of nitrogens with one attached hydrogen (secondary N) is 1. The molecule has 1 aromatic heterocycles. The van der Waals surface area contributed by atoms with Crippen LogP contribution in [-0.4, -0.2) is 15.7 Å². The fourth-order valence-electron chi connectivity index (χ4n) is 3.39. The maximum Gasteiger partial charge on any atom is 0.290 e. The maximum absolute atomic E-state index is 12.0. The average molecular weight is 431 g/mol. The fourth-order valence-corrected chi connectivity index (χ4v) is 4.53. The first kappa shape index (κ1) is 19.1. The van der Waals surface area contributed by atoms with Crippen LogP contribution in [0.5, 0.6) is 0 Å². The number of aromatic nitrogens is 1. The minimum atomic E-state index is -0.358. The van der Waals surface area contributed by atoms with Crippen molar-refractivity contribution >= 4 is 63.1 Å². The van der Waals surface area contributed by atoms with Crippen molar-refractivity contribution < 1.29 is 9.59 Å². The molecule has 1 saturated heterocycles. The Morgan fingerprint density at radius 2 is 1.96 bits per heavy atom. The highest BCUT2D eigenvalue weighted by atomic mass is 35.5. The molecule has 2 amide bonds. The molecule has 28 heavy (non-hydrogen) atoms. The lowest BCUT2D eigenvalue weighted by Crippen LogP contribution is -2.17. The number of benzene rings is 2. The molecule has 1 aliphatic rings. The van der Waals surface area contributed by atoms with Gasteiger partial charge >= 0.3 is 0 Å². The number of para-hydroxylation sites is 1. The lowest BCUT2D eigenvalue weighted by Gasteiger charge is -2.10. The highest BCUT2D eigenvalue weighted by molar-refractivity contribution is 8.18. The van der Waals surface area contributed by atoms with Crippen molar-refractivity contribution in [2.24, 2.45) is 0 Å². The molecule has 1 aliphatic heterocycles. The Labute approximate surface area is 176 Å². The number of fused-ring (bicyclic) bond motifs is 1. The van der Waals surface area contributed by atoms with Gasteiger partial charge in [-0.1, -0.05) is 54.4 Å². The number of hydrogen-bond acceptors (Lipinski definition) is 3. The topological polar surface area (TPSA) is 51.1 Å². The summed E-state index contributed by atoms with van der Waals surface area (Å²) in [6.45, 7) is 2.68. The van der Waals surface area contributed by atoms with E-state index in [9.17, 15) is 9.59 Å². The van der Waals surface area contributed by atoms with Crippen LogP contribution in [0.3, 0.4) is 0 Å². The number of hydrogen-bond donors (Lipinski definition) is 1. The number of amides is 2. The van der Waals surface area contributed by atoms with Crippen LogP contribution in [0.25, 0.3) is 17.0 Å². The van der Waals surface area contributed by atoms with E-state index in [0.717, 1.165) is 40.2 Å². The molecule has 0 atom stereocenters. The molecule has 142 valence electrons. The van der Waals surface area contributed by atoms with Gasteiger partial charge in [0.15, 0.2) is 0 Å². The molecule has 0 saturated carbocycles. The molecular formula is C21H16Cl2N2O2S. The molecular weight excluding hydrogens is 415 g/mol. The van der Waals surface area contributed by atoms with E-state index < -0.39 is 0 Å². The lowest BCUT2D eigenvalue weighted by molar-refractivity contribution is -0.115. The maximum atomic E-state index is 12.0. The van der Waals surface area contributed by atoms with Gasteiger partial charge in [0.05, 0.1) is 10.4 Å². The molecule has 0 aliphatic carbocycles. The minimum Gasteiger partial charge on any atom is -0.342 e. The molecule has 2 heterocycles. The van der Waals surface area contributed by atoms with Gasteiger partial charge in [0.25, 0.3) is 11.1 Å². The Morgan fingerprint density at radius 3 is 2.64 bits per heavy atom. The third-order valence-corrected chi connectivity index (χ3v) is 6.08. The Balaban J connectivity index is 1.85. The number of halogens is 2. The highest BCUT2D eigenvalue weighted by Crippen LogP contribution is 2.32. The number of aryl methyl sites for hydroxylation is 1. The number of nitrogens with zero attached hydrogens (tertiary/aromatic N) is 1. The highest BCUT2D eigenvalue weighted by Gasteiger charge is 2.25. The first-order valence-corrected chi connectivity index (χ1v) is 10.3. The summed E-state index contributed by atoms with van der Waals surface area (Å²) in [4.78, 5) is 23.9. The second kappa shape index (κ2) is 7.66. The predicted octanol–water partition coefficient (Wildman–Crippen LogP) is 5.88. The standard InChI is InChI=1S/C21H16Cl2N2O2S/c1-2-12-4-3-5-16-14(8-18-20(26)24-21(27)28-18)11-25(19(12)16)10-13-6-7-15(22)9-17(13)23/h3-9,11H,2,10H2,1H3,(H,24,26,27)/b18-8-. The van der Waals surface area contributed by atoms with Crippen molar-refractivity contribution in [3.05, 3.63) is 74.2 Å². The first-order chi connectivity index (χ1) is 13.5. The molecule has 0 bridgehead atoms. The van der Waals surface area contributed by atoms with E-state index in [0.29, 0.717) is 21.5 Å². The number of thioether (sulfide) groups is 1. The van der Waals surface area contributed by atoms with Crippen LogP contribution in [0.4, 0.5) is 4.79 Å². The van der Waals surface area contributed by atoms with Crippen LogP contribution in [-0.2, 0) is 17.8 Å². The second-order valence-corrected chi connectivity index (χ2v) is 8.33. The van der Waals surface area contributed by atoms with Crippen LogP contribution in [0.1, 0.15) is 23.6 Å². The van der Waals surface area contributed by atoms with Crippen molar-refractivity contribution in [1.29, 1.82) is 0 Å². The van der Waals surface area contributed by atoms with Crippen LogP contribution in [0.2, 0.25) is 10.0 Å². The average Bonchev–Trinajstić information content (AvgIpc) is 3.17. The van der Waals surface area contributed by atoms with Crippen molar-refractivity contribution in [2.45, 2.75) is 19.9 Å². The van der Waals surface area contributed by atoms with Crippen molar-refractivity contribution in [1.82, 2.24) is 9.88 Å². The Hall–Kier alpha value is -2.21. The molecule has 0 radical (unpaired) electrons. The van der Waals surface area contributed by atoms with E-state index in [1.807, 2.05) is 30.5 Å². The van der Waals surface area contributed by atoms with E-state index in [-0.39, 0.29) is 11.1 Å². The smallest absolute Gasteiger partial charge is 0.290 e. The molecule has 1 fully saturated rings. The quantitative estimate of drug-likeness (QED) is 0.525. The summed E-state index contributed by atoms with van der Waals surface area (Å²) in [7, 11) is 0. The first-order valence-electron chi connectivity index (χ1n) is 8.75. The largest absolute Gasteiger partial charge is 0.342 e. The molecule has 0 spiro atoms. The monoisotopic (exact) mass is 430 g/mol. The number of carbonyl (C=O) groups excluding carboxylic acids is 2. The number of rotatable bonds is 4. The second-order valence-electron chi connectivity index (χ2n) is 6.47. The Morgan fingerprint density at radius 1 is 1.14 bits per heavy atom. The van der Waals surface area contributed by atoms with Gasteiger partial charge in [-0.3, -0.25) is 14.9 Å². The van der Waals surface area contributed by atoms with Crippen LogP contribution in [0, 0.1) is 0 Å². The van der Waals surface area contributed by atoms with Crippen molar-refractivity contribution in [3.63, 3.8) is 0 Å². The summed E-state index contributed by atoms with van der Waals surface area (Å²) in [6.07, 6.45) is 4.64. The van der Waals surface area contributed by atoms with E-state index in [2.05, 4.69) is 22.9 Å². The van der Waals surface area contributed by atoms with Gasteiger partial charge in [0.1, 0.15) is 0 Å². The Bertz CT molecular complexity index is 1150. The van der Waals surface area contributed by atoms with Gasteiger partial charge in [-0.2, -0.15) is 0 Å². The Kier molecular flexibility index (Phi) is 5.23. The van der Waals surface area contributed by atoms with E-state index in [1.54, 1.807) is 12.1 Å². The molecule has 4 nitrogen and oxygen atoms in total. The van der Waals surface area contributed by atoms with Gasteiger partial charge < -0.3 is 4.57 Å². The number of carbonyl (C=O) groups is 2. The van der Waals surface area contributed by atoms with Gasteiger partial charge in [0, 0.05) is 33.7 Å². The lowest BCUT2D eigenvalue weighted by atomic mass is 10.1. The van der Waals surface area contributed by atoms with E-state index >= 15 is 0 Å². The molecule has 2 aromatic carbocycles. The summed E-state index contributed by atoms with van der Waals surface area (Å²) >= 11 is 13.3. The number of imide groups is 1. The van der Waals surface area contributed by atoms with Gasteiger partial charge in [-0.05, 0) is 47.5 Å². The summed E-state index contributed by atoms with van der Waals surface area (Å²) < 4.78 is 2.13. The van der Waals surface area contributed by atoms with Crippen LogP contribution >= 0.6 is 35.0 Å². The summed E-state index contributed by atoms with van der Waals surface area (Å²) in [5.41, 5.74) is 4.14. The van der Waals surface area contributed by atoms with Gasteiger partial charge in [0.2, 0.25) is 0 Å². The summed E-state index contributed by atoms with van der Waals surface area (Å²) in [5, 5.41) is 4.19. The van der Waals surface area contributed by atoms with Crippen LogP contribution < -0.4 is 5.32 Å². The summed E-state index contributed by atoms with van der Waals surface area (Å²) in [6, 6.07) is 11.6. The predicted molar refractivity (Wildman–Crippen MR) is 116 cm³/mol.